The smallest absolute Gasteiger partial charge is 0.321 e. The minimum Gasteiger partial charge on any atom is -0.505 e. The molecule has 2 N–H and O–H groups in total. The van der Waals surface area contributed by atoms with E-state index >= 15 is 0 Å². The van der Waals surface area contributed by atoms with Gasteiger partial charge in [0.05, 0.1) is 10.0 Å². The van der Waals surface area contributed by atoms with E-state index in [1.807, 2.05) is 0 Å². The molecule has 6 heteroatoms. The number of halogens is 2. The second kappa shape index (κ2) is 5.02. The molecule has 92 valence electrons. The number of benzene rings is 1. The number of carbonyl (C=O) groups excluding carboxylic acids is 1. The molecule has 0 aliphatic carbocycles. The summed E-state index contributed by atoms with van der Waals surface area (Å²) in [6.07, 6.45) is 2.06. The highest BCUT2D eigenvalue weighted by Crippen LogP contribution is 2.34. The largest absolute Gasteiger partial charge is 0.505 e. The Morgan fingerprint density at radius 2 is 1.76 bits per heavy atom. The van der Waals surface area contributed by atoms with Gasteiger partial charge in [0.25, 0.3) is 0 Å². The van der Waals surface area contributed by atoms with Crippen molar-refractivity contribution >= 4 is 34.9 Å². The van der Waals surface area contributed by atoms with Crippen LogP contribution in [0, 0.1) is 0 Å². The third-order valence-corrected chi connectivity index (χ3v) is 3.24. The Bertz CT molecular complexity index is 422. The van der Waals surface area contributed by atoms with Gasteiger partial charge in [-0.1, -0.05) is 23.2 Å². The van der Waals surface area contributed by atoms with Gasteiger partial charge in [-0.3, -0.25) is 0 Å². The van der Waals surface area contributed by atoms with Crippen LogP contribution in [0.1, 0.15) is 12.8 Å². The monoisotopic (exact) mass is 274 g/mol. The quantitative estimate of drug-likeness (QED) is 0.772. The first-order valence-electron chi connectivity index (χ1n) is 5.32. The lowest BCUT2D eigenvalue weighted by atomic mass is 10.3. The Kier molecular flexibility index (Phi) is 3.64. The number of likely N-dealkylation sites (tertiary alicyclic amines) is 1. The van der Waals surface area contributed by atoms with Crippen LogP contribution in [0.2, 0.25) is 10.0 Å². The van der Waals surface area contributed by atoms with Crippen LogP contribution in [-0.4, -0.2) is 29.1 Å². The molecule has 1 saturated heterocycles. The number of hydrogen-bond donors (Lipinski definition) is 2. The molecule has 1 aliphatic rings. The predicted molar refractivity (Wildman–Crippen MR) is 68.0 cm³/mol. The van der Waals surface area contributed by atoms with E-state index in [-0.39, 0.29) is 21.8 Å². The van der Waals surface area contributed by atoms with E-state index in [0.717, 1.165) is 25.9 Å². The van der Waals surface area contributed by atoms with Crippen molar-refractivity contribution in [2.45, 2.75) is 12.8 Å². The fourth-order valence-corrected chi connectivity index (χ4v) is 2.25. The van der Waals surface area contributed by atoms with Gasteiger partial charge in [-0.25, -0.2) is 4.79 Å². The summed E-state index contributed by atoms with van der Waals surface area (Å²) in [5.74, 6) is -0.174. The summed E-state index contributed by atoms with van der Waals surface area (Å²) in [6, 6.07) is 2.77. The zero-order chi connectivity index (χ0) is 12.4. The van der Waals surface area contributed by atoms with Crippen LogP contribution in [0.25, 0.3) is 0 Å². The molecule has 0 radical (unpaired) electrons. The van der Waals surface area contributed by atoms with Crippen molar-refractivity contribution in [2.75, 3.05) is 18.4 Å². The van der Waals surface area contributed by atoms with Gasteiger partial charge < -0.3 is 15.3 Å². The van der Waals surface area contributed by atoms with Crippen LogP contribution >= 0.6 is 23.2 Å². The minimum atomic E-state index is -0.174. The molecule has 0 unspecified atom stereocenters. The summed E-state index contributed by atoms with van der Waals surface area (Å²) in [5.41, 5.74) is 0.481. The van der Waals surface area contributed by atoms with E-state index in [2.05, 4.69) is 5.32 Å². The summed E-state index contributed by atoms with van der Waals surface area (Å²) in [4.78, 5) is 13.5. The van der Waals surface area contributed by atoms with E-state index < -0.39 is 0 Å². The van der Waals surface area contributed by atoms with Crippen LogP contribution in [0.3, 0.4) is 0 Å². The van der Waals surface area contributed by atoms with Crippen LogP contribution in [-0.2, 0) is 0 Å². The van der Waals surface area contributed by atoms with Gasteiger partial charge in [0.1, 0.15) is 0 Å². The highest BCUT2D eigenvalue weighted by molar-refractivity contribution is 6.37. The van der Waals surface area contributed by atoms with Crippen LogP contribution in [0.4, 0.5) is 10.5 Å². The zero-order valence-corrected chi connectivity index (χ0v) is 10.6. The molecule has 2 rings (SSSR count). The van der Waals surface area contributed by atoms with E-state index in [1.165, 1.54) is 12.1 Å². The number of carbonyl (C=O) groups is 1. The Labute approximate surface area is 109 Å². The molecule has 1 aliphatic heterocycles. The van der Waals surface area contributed by atoms with Gasteiger partial charge in [0.15, 0.2) is 5.75 Å². The standard InChI is InChI=1S/C11H12Cl2N2O2/c12-8-5-7(6-9(13)10(8)16)14-11(17)15-3-1-2-4-15/h5-6,16H,1-4H2,(H,14,17). The number of amides is 2. The molecular formula is C11H12Cl2N2O2. The fraction of sp³-hybridized carbons (Fsp3) is 0.364. The first-order chi connectivity index (χ1) is 8.08. The summed E-state index contributed by atoms with van der Waals surface area (Å²) in [6.45, 7) is 1.54. The Morgan fingerprint density at radius 3 is 2.29 bits per heavy atom. The first-order valence-corrected chi connectivity index (χ1v) is 6.07. The van der Waals surface area contributed by atoms with Crippen molar-refractivity contribution in [3.05, 3.63) is 22.2 Å². The van der Waals surface area contributed by atoms with Crippen LogP contribution in [0.5, 0.6) is 5.75 Å². The lowest BCUT2D eigenvalue weighted by Crippen LogP contribution is -2.32. The van der Waals surface area contributed by atoms with Crippen molar-refractivity contribution in [1.82, 2.24) is 4.90 Å². The molecule has 0 saturated carbocycles. The van der Waals surface area contributed by atoms with Crippen molar-refractivity contribution in [3.8, 4) is 5.75 Å². The minimum absolute atomic E-state index is 0.120. The van der Waals surface area contributed by atoms with Crippen molar-refractivity contribution in [2.24, 2.45) is 0 Å². The molecule has 0 spiro atoms. The van der Waals surface area contributed by atoms with Gasteiger partial charge in [0, 0.05) is 18.8 Å². The van der Waals surface area contributed by atoms with E-state index in [0.29, 0.717) is 5.69 Å². The molecular weight excluding hydrogens is 263 g/mol. The summed E-state index contributed by atoms with van der Waals surface area (Å²) >= 11 is 11.5. The van der Waals surface area contributed by atoms with Gasteiger partial charge in [0.2, 0.25) is 0 Å². The average Bonchev–Trinajstić information content (AvgIpc) is 2.79. The molecule has 1 aromatic carbocycles. The average molecular weight is 275 g/mol. The van der Waals surface area contributed by atoms with Gasteiger partial charge in [-0.15, -0.1) is 0 Å². The van der Waals surface area contributed by atoms with Crippen LogP contribution in [0.15, 0.2) is 12.1 Å². The molecule has 2 amide bonds. The second-order valence-corrected chi connectivity index (χ2v) is 4.73. The van der Waals surface area contributed by atoms with Crippen molar-refractivity contribution in [1.29, 1.82) is 0 Å². The number of nitrogens with zero attached hydrogens (tertiary/aromatic N) is 1. The van der Waals surface area contributed by atoms with Gasteiger partial charge in [-0.2, -0.15) is 0 Å². The van der Waals surface area contributed by atoms with E-state index in [9.17, 15) is 9.90 Å². The van der Waals surface area contributed by atoms with Crippen LogP contribution < -0.4 is 5.32 Å². The number of nitrogens with one attached hydrogen (secondary N) is 1. The summed E-state index contributed by atoms with van der Waals surface area (Å²) in [5, 5.41) is 12.3. The molecule has 17 heavy (non-hydrogen) atoms. The topological polar surface area (TPSA) is 52.6 Å². The maximum atomic E-state index is 11.8. The SMILES string of the molecule is O=C(Nc1cc(Cl)c(O)c(Cl)c1)N1CCCC1. The van der Waals surface area contributed by atoms with Gasteiger partial charge in [-0.05, 0) is 25.0 Å². The van der Waals surface area contributed by atoms with E-state index in [4.69, 9.17) is 23.2 Å². The Hall–Kier alpha value is -1.13. The number of rotatable bonds is 1. The maximum absolute atomic E-state index is 11.8. The predicted octanol–water partition coefficient (Wildman–Crippen LogP) is 3.33. The highest BCUT2D eigenvalue weighted by atomic mass is 35.5. The number of urea groups is 1. The zero-order valence-electron chi connectivity index (χ0n) is 9.04. The lowest BCUT2D eigenvalue weighted by Gasteiger charge is -2.16. The molecule has 1 aromatic rings. The summed E-state index contributed by atoms with van der Waals surface area (Å²) < 4.78 is 0. The molecule has 1 fully saturated rings. The number of aromatic hydroxyl groups is 1. The third-order valence-electron chi connectivity index (χ3n) is 2.66. The number of anilines is 1. The summed E-state index contributed by atoms with van der Waals surface area (Å²) in [7, 11) is 0. The number of phenols is 1. The number of phenolic OH excluding ortho intramolecular Hbond substituents is 1. The Morgan fingerprint density at radius 1 is 1.24 bits per heavy atom. The molecule has 1 heterocycles. The molecule has 0 aromatic heterocycles. The second-order valence-electron chi connectivity index (χ2n) is 3.91. The Balaban J connectivity index is 2.10. The van der Waals surface area contributed by atoms with Crippen molar-refractivity contribution in [3.63, 3.8) is 0 Å². The molecule has 4 nitrogen and oxygen atoms in total. The normalized spacial score (nSPS) is 15.1. The van der Waals surface area contributed by atoms with E-state index in [1.54, 1.807) is 4.90 Å². The fourth-order valence-electron chi connectivity index (χ4n) is 1.76. The van der Waals surface area contributed by atoms with Gasteiger partial charge >= 0.3 is 6.03 Å². The third kappa shape index (κ3) is 2.76. The lowest BCUT2D eigenvalue weighted by molar-refractivity contribution is 0.222. The highest BCUT2D eigenvalue weighted by Gasteiger charge is 2.18. The molecule has 0 atom stereocenters. The van der Waals surface area contributed by atoms with Crippen molar-refractivity contribution < 1.29 is 9.90 Å². The maximum Gasteiger partial charge on any atom is 0.321 e. The first kappa shape index (κ1) is 12.3. The number of hydrogen-bond acceptors (Lipinski definition) is 2. The molecule has 0 bridgehead atoms.